The van der Waals surface area contributed by atoms with E-state index in [4.69, 9.17) is 0 Å². The monoisotopic (exact) mass is 268 g/mol. The van der Waals surface area contributed by atoms with E-state index in [0.29, 0.717) is 12.5 Å². The van der Waals surface area contributed by atoms with Crippen LogP contribution in [0.2, 0.25) is 0 Å². The van der Waals surface area contributed by atoms with Crippen LogP contribution in [0.25, 0.3) is 0 Å². The highest BCUT2D eigenvalue weighted by atomic mass is 16.2. The molecule has 19 heavy (non-hydrogen) atoms. The molecule has 0 aromatic rings. The maximum Gasteiger partial charge on any atom is 0.245 e. The molecule has 1 fully saturated rings. The molecular weight excluding hydrogens is 240 g/mol. The molecule has 3 atom stereocenters. The number of nitrogens with one attached hydrogen (secondary N) is 1. The molecule has 1 aliphatic rings. The number of hydrogen-bond acceptors (Lipinski definition) is 2. The Kier molecular flexibility index (Phi) is 5.83. The lowest BCUT2D eigenvalue weighted by atomic mass is 9.94. The number of hydrogen-bond donors (Lipinski definition) is 1. The molecule has 0 aromatic carbocycles. The smallest absolute Gasteiger partial charge is 0.245 e. The summed E-state index contributed by atoms with van der Waals surface area (Å²) in [7, 11) is 0. The lowest BCUT2D eigenvalue weighted by Gasteiger charge is -2.42. The van der Waals surface area contributed by atoms with Crippen LogP contribution < -0.4 is 5.32 Å². The number of amides is 2. The van der Waals surface area contributed by atoms with Crippen molar-refractivity contribution in [1.29, 1.82) is 0 Å². The van der Waals surface area contributed by atoms with Gasteiger partial charge in [-0.2, -0.15) is 0 Å². The first-order chi connectivity index (χ1) is 8.92. The van der Waals surface area contributed by atoms with E-state index in [1.165, 1.54) is 0 Å². The summed E-state index contributed by atoms with van der Waals surface area (Å²) < 4.78 is 0. The third-order valence-corrected chi connectivity index (χ3v) is 3.92. The number of nitrogens with zero attached hydrogens (tertiary/aromatic N) is 1. The third-order valence-electron chi connectivity index (χ3n) is 3.92. The summed E-state index contributed by atoms with van der Waals surface area (Å²) in [6.07, 6.45) is 2.65. The van der Waals surface area contributed by atoms with Crippen LogP contribution in [0.1, 0.15) is 53.9 Å². The predicted octanol–water partition coefficient (Wildman–Crippen LogP) is 2.18. The van der Waals surface area contributed by atoms with Gasteiger partial charge in [-0.3, -0.25) is 9.59 Å². The van der Waals surface area contributed by atoms with Gasteiger partial charge < -0.3 is 10.2 Å². The largest absolute Gasteiger partial charge is 0.342 e. The van der Waals surface area contributed by atoms with Gasteiger partial charge in [0, 0.05) is 6.54 Å². The van der Waals surface area contributed by atoms with Crippen LogP contribution >= 0.6 is 0 Å². The van der Waals surface area contributed by atoms with E-state index in [1.807, 2.05) is 25.7 Å². The highest BCUT2D eigenvalue weighted by molar-refractivity contribution is 5.97. The van der Waals surface area contributed by atoms with E-state index in [-0.39, 0.29) is 29.8 Å². The summed E-state index contributed by atoms with van der Waals surface area (Å²) >= 11 is 0. The molecule has 1 rings (SSSR count). The molecule has 2 amide bonds. The average Bonchev–Trinajstić information content (AvgIpc) is 2.34. The second-order valence-corrected chi connectivity index (χ2v) is 6.04. The van der Waals surface area contributed by atoms with Gasteiger partial charge in [-0.1, -0.05) is 47.5 Å². The van der Waals surface area contributed by atoms with Crippen LogP contribution in [0.4, 0.5) is 0 Å². The Morgan fingerprint density at radius 3 is 2.32 bits per heavy atom. The van der Waals surface area contributed by atoms with Gasteiger partial charge in [0.25, 0.3) is 0 Å². The van der Waals surface area contributed by atoms with Gasteiger partial charge in [0.2, 0.25) is 11.8 Å². The van der Waals surface area contributed by atoms with Crippen LogP contribution in [0.3, 0.4) is 0 Å². The zero-order valence-corrected chi connectivity index (χ0v) is 12.9. The summed E-state index contributed by atoms with van der Waals surface area (Å²) in [6, 6.07) is -0.633. The van der Waals surface area contributed by atoms with Crippen molar-refractivity contribution in [2.24, 2.45) is 11.8 Å². The second-order valence-electron chi connectivity index (χ2n) is 6.04. The van der Waals surface area contributed by atoms with Crippen LogP contribution in [0, 0.1) is 11.8 Å². The van der Waals surface area contributed by atoms with Crippen molar-refractivity contribution in [3.8, 4) is 0 Å². The highest BCUT2D eigenvalue weighted by Crippen LogP contribution is 2.21. The molecule has 0 spiro atoms. The Bertz CT molecular complexity index is 328. The van der Waals surface area contributed by atoms with Crippen molar-refractivity contribution in [1.82, 2.24) is 10.2 Å². The molecule has 1 heterocycles. The molecule has 4 heteroatoms. The topological polar surface area (TPSA) is 49.4 Å². The van der Waals surface area contributed by atoms with Gasteiger partial charge in [0.05, 0.1) is 0 Å². The van der Waals surface area contributed by atoms with Crippen molar-refractivity contribution < 1.29 is 9.59 Å². The second kappa shape index (κ2) is 6.92. The van der Waals surface area contributed by atoms with Crippen LogP contribution in [0.5, 0.6) is 0 Å². The number of carbonyl (C=O) groups excluding carboxylic acids is 2. The van der Waals surface area contributed by atoms with E-state index >= 15 is 0 Å². The van der Waals surface area contributed by atoms with E-state index in [2.05, 4.69) is 19.2 Å². The van der Waals surface area contributed by atoms with Gasteiger partial charge in [-0.25, -0.2) is 0 Å². The minimum absolute atomic E-state index is 0.0105. The molecular formula is C15H28N2O2. The first kappa shape index (κ1) is 16.0. The Balaban J connectivity index is 2.93. The lowest BCUT2D eigenvalue weighted by molar-refractivity contribution is -0.152. The first-order valence-electron chi connectivity index (χ1n) is 7.53. The van der Waals surface area contributed by atoms with E-state index in [1.54, 1.807) is 0 Å². The average molecular weight is 268 g/mol. The van der Waals surface area contributed by atoms with E-state index in [9.17, 15) is 9.59 Å². The van der Waals surface area contributed by atoms with Crippen LogP contribution in [0.15, 0.2) is 0 Å². The Morgan fingerprint density at radius 1 is 1.21 bits per heavy atom. The standard InChI is InChI=1S/C15H28N2O2/c1-6-8-12-15(19)17(9-11(5)7-2)13(10(3)4)14(18)16-12/h10-13H,6-9H2,1-5H3,(H,16,18). The quantitative estimate of drug-likeness (QED) is 0.802. The molecule has 4 nitrogen and oxygen atoms in total. The SMILES string of the molecule is CCCC1NC(=O)C(C(C)C)N(CC(C)CC)C1=O. The Labute approximate surface area is 116 Å². The molecule has 110 valence electrons. The fraction of sp³-hybridized carbons (Fsp3) is 0.867. The predicted molar refractivity (Wildman–Crippen MR) is 76.6 cm³/mol. The van der Waals surface area contributed by atoms with E-state index < -0.39 is 0 Å². The fourth-order valence-corrected chi connectivity index (χ4v) is 2.61. The molecule has 1 saturated heterocycles. The van der Waals surface area contributed by atoms with Gasteiger partial charge >= 0.3 is 0 Å². The molecule has 0 bridgehead atoms. The molecule has 0 aromatic heterocycles. The zero-order valence-electron chi connectivity index (χ0n) is 12.9. The van der Waals surface area contributed by atoms with Crippen molar-refractivity contribution >= 4 is 11.8 Å². The minimum atomic E-state index is -0.323. The Morgan fingerprint density at radius 2 is 1.84 bits per heavy atom. The van der Waals surface area contributed by atoms with Crippen molar-refractivity contribution in [2.45, 2.75) is 66.0 Å². The Hall–Kier alpha value is -1.06. The van der Waals surface area contributed by atoms with Crippen molar-refractivity contribution in [3.63, 3.8) is 0 Å². The number of rotatable bonds is 6. The molecule has 0 radical (unpaired) electrons. The van der Waals surface area contributed by atoms with E-state index in [0.717, 1.165) is 19.3 Å². The fourth-order valence-electron chi connectivity index (χ4n) is 2.61. The lowest BCUT2D eigenvalue weighted by Crippen LogP contribution is -2.65. The zero-order chi connectivity index (χ0) is 14.6. The molecule has 3 unspecified atom stereocenters. The van der Waals surface area contributed by atoms with Gasteiger partial charge in [0.1, 0.15) is 12.1 Å². The first-order valence-corrected chi connectivity index (χ1v) is 7.53. The summed E-state index contributed by atoms with van der Waals surface area (Å²) in [5.74, 6) is 0.686. The minimum Gasteiger partial charge on any atom is -0.342 e. The van der Waals surface area contributed by atoms with Crippen molar-refractivity contribution in [2.75, 3.05) is 6.54 Å². The molecule has 0 aliphatic carbocycles. The van der Waals surface area contributed by atoms with Crippen molar-refractivity contribution in [3.05, 3.63) is 0 Å². The van der Waals surface area contributed by atoms with Gasteiger partial charge in [0.15, 0.2) is 0 Å². The highest BCUT2D eigenvalue weighted by Gasteiger charge is 2.41. The summed E-state index contributed by atoms with van der Waals surface area (Å²) in [4.78, 5) is 26.6. The summed E-state index contributed by atoms with van der Waals surface area (Å²) in [5, 5.41) is 2.89. The van der Waals surface area contributed by atoms with Crippen LogP contribution in [-0.2, 0) is 9.59 Å². The normalized spacial score (nSPS) is 25.7. The molecule has 0 saturated carbocycles. The third kappa shape index (κ3) is 3.71. The molecule has 1 N–H and O–H groups in total. The summed E-state index contributed by atoms with van der Waals surface area (Å²) in [6.45, 7) is 11.0. The molecule has 1 aliphatic heterocycles. The van der Waals surface area contributed by atoms with Gasteiger partial charge in [-0.05, 0) is 18.3 Å². The maximum atomic E-state index is 12.5. The van der Waals surface area contributed by atoms with Gasteiger partial charge in [-0.15, -0.1) is 0 Å². The summed E-state index contributed by atoms with van der Waals surface area (Å²) in [5.41, 5.74) is 0. The maximum absolute atomic E-state index is 12.5. The number of carbonyl (C=O) groups is 2. The number of piperazine rings is 1. The van der Waals surface area contributed by atoms with Crippen LogP contribution in [-0.4, -0.2) is 35.3 Å².